The second-order valence-electron chi connectivity index (χ2n) is 5.13. The van der Waals surface area contributed by atoms with Crippen molar-refractivity contribution in [2.75, 3.05) is 33.2 Å². The normalized spacial score (nSPS) is 20.6. The number of hydrogen-bond donors (Lipinski definition) is 2. The molecule has 2 N–H and O–H groups in total. The molecule has 0 radical (unpaired) electrons. The molecule has 1 saturated heterocycles. The summed E-state index contributed by atoms with van der Waals surface area (Å²) in [5, 5.41) is 11.9. The van der Waals surface area contributed by atoms with Crippen LogP contribution in [0.4, 0.5) is 0 Å². The van der Waals surface area contributed by atoms with E-state index in [1.54, 1.807) is 0 Å². The van der Waals surface area contributed by atoms with Gasteiger partial charge in [0, 0.05) is 18.7 Å². The van der Waals surface area contributed by atoms with Crippen molar-refractivity contribution in [3.05, 3.63) is 12.2 Å². The van der Waals surface area contributed by atoms with Crippen LogP contribution < -0.4 is 5.32 Å². The van der Waals surface area contributed by atoms with E-state index in [2.05, 4.69) is 30.8 Å². The number of piperidine rings is 1. The van der Waals surface area contributed by atoms with E-state index in [1.807, 2.05) is 0 Å². The first-order chi connectivity index (χ1) is 7.43. The molecule has 4 nitrogen and oxygen atoms in total. The maximum absolute atomic E-state index is 10.6. The van der Waals surface area contributed by atoms with Crippen molar-refractivity contribution >= 4 is 5.97 Å². The Labute approximate surface area is 97.3 Å². The number of carbonyl (C=O) groups is 1. The third-order valence-electron chi connectivity index (χ3n) is 3.39. The van der Waals surface area contributed by atoms with Gasteiger partial charge in [-0.25, -0.2) is 4.79 Å². The van der Waals surface area contributed by atoms with Crippen molar-refractivity contribution in [1.82, 2.24) is 10.2 Å². The molecule has 1 rings (SSSR count). The van der Waals surface area contributed by atoms with Gasteiger partial charge < -0.3 is 15.3 Å². The van der Waals surface area contributed by atoms with Crippen molar-refractivity contribution in [3.63, 3.8) is 0 Å². The first-order valence-electron chi connectivity index (χ1n) is 5.73. The van der Waals surface area contributed by atoms with Crippen LogP contribution in [-0.4, -0.2) is 49.2 Å². The number of rotatable bonds is 5. The second kappa shape index (κ2) is 5.46. The molecule has 92 valence electrons. The monoisotopic (exact) mass is 226 g/mol. The zero-order chi connectivity index (χ0) is 12.2. The van der Waals surface area contributed by atoms with Crippen LogP contribution in [0, 0.1) is 5.41 Å². The van der Waals surface area contributed by atoms with E-state index in [0.717, 1.165) is 32.5 Å². The number of likely N-dealkylation sites (tertiary alicyclic amines) is 1. The van der Waals surface area contributed by atoms with E-state index in [-0.39, 0.29) is 5.57 Å². The smallest absolute Gasteiger partial charge is 0.332 e. The van der Waals surface area contributed by atoms with Gasteiger partial charge >= 0.3 is 5.97 Å². The molecule has 0 spiro atoms. The molecule has 1 aliphatic rings. The van der Waals surface area contributed by atoms with Crippen LogP contribution in [-0.2, 0) is 4.79 Å². The average molecular weight is 226 g/mol. The Hall–Kier alpha value is -0.870. The first-order valence-corrected chi connectivity index (χ1v) is 5.73. The van der Waals surface area contributed by atoms with Gasteiger partial charge in [0.2, 0.25) is 0 Å². The van der Waals surface area contributed by atoms with E-state index in [4.69, 9.17) is 5.11 Å². The number of nitrogens with zero attached hydrogens (tertiary/aromatic N) is 1. The SMILES string of the molecule is C=C(CNCC1(C)CCN(C)CC1)C(=O)O. The van der Waals surface area contributed by atoms with Crippen LogP contribution >= 0.6 is 0 Å². The summed E-state index contributed by atoms with van der Waals surface area (Å²) in [5.74, 6) is -0.916. The number of nitrogens with one attached hydrogen (secondary N) is 1. The quantitative estimate of drug-likeness (QED) is 0.685. The summed E-state index contributed by atoms with van der Waals surface area (Å²) in [4.78, 5) is 12.9. The Balaban J connectivity index is 2.26. The van der Waals surface area contributed by atoms with Gasteiger partial charge in [-0.2, -0.15) is 0 Å². The largest absolute Gasteiger partial charge is 0.478 e. The summed E-state index contributed by atoms with van der Waals surface area (Å²) in [5.41, 5.74) is 0.530. The molecular weight excluding hydrogens is 204 g/mol. The lowest BCUT2D eigenvalue weighted by atomic mass is 9.80. The highest BCUT2D eigenvalue weighted by atomic mass is 16.4. The van der Waals surface area contributed by atoms with Gasteiger partial charge in [-0.3, -0.25) is 0 Å². The first kappa shape index (κ1) is 13.2. The number of hydrogen-bond acceptors (Lipinski definition) is 3. The lowest BCUT2D eigenvalue weighted by molar-refractivity contribution is -0.132. The minimum atomic E-state index is -0.916. The number of aliphatic carboxylic acids is 1. The van der Waals surface area contributed by atoms with Gasteiger partial charge in [0.25, 0.3) is 0 Å². The third kappa shape index (κ3) is 3.94. The lowest BCUT2D eigenvalue weighted by Crippen LogP contribution is -2.42. The summed E-state index contributed by atoms with van der Waals surface area (Å²) in [6, 6.07) is 0. The van der Waals surface area contributed by atoms with Crippen molar-refractivity contribution in [2.24, 2.45) is 5.41 Å². The van der Waals surface area contributed by atoms with Gasteiger partial charge in [-0.1, -0.05) is 13.5 Å². The Kier molecular flexibility index (Phi) is 4.50. The molecule has 0 aromatic carbocycles. The fraction of sp³-hybridized carbons (Fsp3) is 0.750. The standard InChI is InChI=1S/C12H22N2O2/c1-10(11(15)16)8-13-9-12(2)4-6-14(3)7-5-12/h13H,1,4-9H2,2-3H3,(H,15,16). The Morgan fingerprint density at radius 1 is 1.50 bits per heavy atom. The maximum Gasteiger partial charge on any atom is 0.332 e. The van der Waals surface area contributed by atoms with Gasteiger partial charge in [-0.05, 0) is 38.4 Å². The molecule has 1 aliphatic heterocycles. The summed E-state index contributed by atoms with van der Waals surface area (Å²) in [7, 11) is 2.14. The molecule has 0 bridgehead atoms. The fourth-order valence-electron chi connectivity index (χ4n) is 1.93. The van der Waals surface area contributed by atoms with E-state index in [9.17, 15) is 4.79 Å². The Morgan fingerprint density at radius 2 is 2.06 bits per heavy atom. The molecule has 0 unspecified atom stereocenters. The molecular formula is C12H22N2O2. The van der Waals surface area contributed by atoms with Gasteiger partial charge in [-0.15, -0.1) is 0 Å². The topological polar surface area (TPSA) is 52.6 Å². The molecule has 4 heteroatoms. The van der Waals surface area contributed by atoms with Gasteiger partial charge in [0.1, 0.15) is 0 Å². The van der Waals surface area contributed by atoms with Gasteiger partial charge in [0.05, 0.1) is 0 Å². The van der Waals surface area contributed by atoms with Crippen molar-refractivity contribution in [2.45, 2.75) is 19.8 Å². The summed E-state index contributed by atoms with van der Waals surface area (Å²) in [6.07, 6.45) is 2.33. The summed E-state index contributed by atoms with van der Waals surface area (Å²) < 4.78 is 0. The minimum absolute atomic E-state index is 0.233. The van der Waals surface area contributed by atoms with Crippen molar-refractivity contribution in [3.8, 4) is 0 Å². The average Bonchev–Trinajstić information content (AvgIpc) is 2.23. The predicted molar refractivity (Wildman–Crippen MR) is 64.5 cm³/mol. The van der Waals surface area contributed by atoms with Gasteiger partial charge in [0.15, 0.2) is 0 Å². The van der Waals surface area contributed by atoms with Crippen molar-refractivity contribution in [1.29, 1.82) is 0 Å². The molecule has 1 heterocycles. The van der Waals surface area contributed by atoms with Crippen LogP contribution in [0.25, 0.3) is 0 Å². The van der Waals surface area contributed by atoms with E-state index in [0.29, 0.717) is 12.0 Å². The second-order valence-corrected chi connectivity index (χ2v) is 5.13. The maximum atomic E-state index is 10.6. The zero-order valence-electron chi connectivity index (χ0n) is 10.3. The fourth-order valence-corrected chi connectivity index (χ4v) is 1.93. The van der Waals surface area contributed by atoms with Crippen LogP contribution in [0.5, 0.6) is 0 Å². The van der Waals surface area contributed by atoms with E-state index < -0.39 is 5.97 Å². The van der Waals surface area contributed by atoms with E-state index >= 15 is 0 Å². The third-order valence-corrected chi connectivity index (χ3v) is 3.39. The highest BCUT2D eigenvalue weighted by Gasteiger charge is 2.28. The predicted octanol–water partition coefficient (Wildman–Crippen LogP) is 0.949. The Bertz CT molecular complexity index is 268. The molecule has 0 aromatic heterocycles. The van der Waals surface area contributed by atoms with Crippen LogP contribution in [0.2, 0.25) is 0 Å². The minimum Gasteiger partial charge on any atom is -0.478 e. The molecule has 1 fully saturated rings. The molecule has 0 saturated carbocycles. The van der Waals surface area contributed by atoms with Crippen LogP contribution in [0.15, 0.2) is 12.2 Å². The Morgan fingerprint density at radius 3 is 2.56 bits per heavy atom. The molecule has 0 aromatic rings. The highest BCUT2D eigenvalue weighted by molar-refractivity contribution is 5.86. The van der Waals surface area contributed by atoms with Crippen LogP contribution in [0.1, 0.15) is 19.8 Å². The van der Waals surface area contributed by atoms with Crippen LogP contribution in [0.3, 0.4) is 0 Å². The zero-order valence-corrected chi connectivity index (χ0v) is 10.3. The van der Waals surface area contributed by atoms with Crippen molar-refractivity contribution < 1.29 is 9.90 Å². The molecule has 0 aliphatic carbocycles. The lowest BCUT2D eigenvalue weighted by Gasteiger charge is -2.38. The molecule has 16 heavy (non-hydrogen) atoms. The highest BCUT2D eigenvalue weighted by Crippen LogP contribution is 2.29. The molecule has 0 amide bonds. The number of carboxylic acid groups (broad SMARTS) is 1. The summed E-state index contributed by atoms with van der Waals surface area (Å²) in [6.45, 7) is 9.25. The summed E-state index contributed by atoms with van der Waals surface area (Å²) >= 11 is 0. The van der Waals surface area contributed by atoms with E-state index in [1.165, 1.54) is 0 Å². The number of carboxylic acids is 1. The molecule has 0 atom stereocenters.